The van der Waals surface area contributed by atoms with Crippen molar-refractivity contribution in [3.8, 4) is 45.5 Å². The van der Waals surface area contributed by atoms with Gasteiger partial charge in [0.05, 0.1) is 22.1 Å². The van der Waals surface area contributed by atoms with E-state index in [1.807, 2.05) is 18.2 Å². The van der Waals surface area contributed by atoms with Gasteiger partial charge in [0.15, 0.2) is 11.6 Å². The van der Waals surface area contributed by atoms with Crippen LogP contribution in [0.25, 0.3) is 121 Å². The van der Waals surface area contributed by atoms with Crippen LogP contribution in [0.15, 0.2) is 176 Å². The van der Waals surface area contributed by atoms with Gasteiger partial charge in [-0.1, -0.05) is 133 Å². The van der Waals surface area contributed by atoms with Crippen molar-refractivity contribution in [3.63, 3.8) is 0 Å². The zero-order valence-corrected chi connectivity index (χ0v) is 30.0. The first-order valence-electron chi connectivity index (χ1n) is 19.0. The van der Waals surface area contributed by atoms with E-state index in [9.17, 15) is 0 Å². The van der Waals surface area contributed by atoms with Gasteiger partial charge in [0.25, 0.3) is 0 Å². The van der Waals surface area contributed by atoms with Crippen LogP contribution in [0.4, 0.5) is 0 Å². The maximum atomic E-state index is 5.37. The van der Waals surface area contributed by atoms with Crippen LogP contribution < -0.4 is 0 Å². The van der Waals surface area contributed by atoms with Crippen LogP contribution in [0, 0.1) is 0 Å². The smallest absolute Gasteiger partial charge is 0.238 e. The van der Waals surface area contributed by atoms with Crippen molar-refractivity contribution in [1.82, 2.24) is 24.1 Å². The molecule has 0 atom stereocenters. The normalized spacial score (nSPS) is 12.3. The largest absolute Gasteiger partial charge is 0.309 e. The number of benzene rings is 9. The molecule has 56 heavy (non-hydrogen) atoms. The van der Waals surface area contributed by atoms with Gasteiger partial charge in [0.1, 0.15) is 0 Å². The molecule has 1 aliphatic carbocycles. The monoisotopic (exact) mass is 711 g/mol. The Hall–Kier alpha value is -7.63. The molecule has 0 bridgehead atoms. The van der Waals surface area contributed by atoms with Crippen LogP contribution >= 0.6 is 0 Å². The molecular weight excluding hydrogens is 683 g/mol. The number of rotatable bonds is 4. The fourth-order valence-electron chi connectivity index (χ4n) is 9.48. The molecule has 0 spiro atoms. The average Bonchev–Trinajstić information content (AvgIpc) is 3.74. The van der Waals surface area contributed by atoms with Crippen LogP contribution in [-0.2, 0) is 0 Å². The summed E-state index contributed by atoms with van der Waals surface area (Å²) in [5, 5.41) is 12.2. The van der Waals surface area contributed by atoms with E-state index in [1.165, 1.54) is 70.6 Å². The molecule has 0 N–H and O–H groups in total. The van der Waals surface area contributed by atoms with E-state index in [4.69, 9.17) is 15.0 Å². The summed E-state index contributed by atoms with van der Waals surface area (Å²) in [6.07, 6.45) is 0. The van der Waals surface area contributed by atoms with Gasteiger partial charge >= 0.3 is 0 Å². The number of fused-ring (bicyclic) bond motifs is 4. The second kappa shape index (κ2) is 11.0. The zero-order chi connectivity index (χ0) is 36.5. The Balaban J connectivity index is 1.22. The molecule has 0 saturated heterocycles. The van der Waals surface area contributed by atoms with Crippen LogP contribution in [-0.4, -0.2) is 24.1 Å². The molecule has 3 heterocycles. The average molecular weight is 712 g/mol. The summed E-state index contributed by atoms with van der Waals surface area (Å²) < 4.78 is 4.72. The van der Waals surface area contributed by atoms with Gasteiger partial charge in [-0.05, 0) is 75.0 Å². The van der Waals surface area contributed by atoms with Gasteiger partial charge in [-0.15, -0.1) is 0 Å². The van der Waals surface area contributed by atoms with Crippen LogP contribution in [0.5, 0.6) is 0 Å². The Morgan fingerprint density at radius 1 is 0.339 bits per heavy atom. The van der Waals surface area contributed by atoms with Gasteiger partial charge in [0, 0.05) is 49.3 Å². The molecule has 12 aromatic rings. The topological polar surface area (TPSA) is 48.5 Å². The van der Waals surface area contributed by atoms with Gasteiger partial charge in [-0.3, -0.25) is 4.57 Å². The predicted octanol–water partition coefficient (Wildman–Crippen LogP) is 12.8. The minimum atomic E-state index is 0.593. The van der Waals surface area contributed by atoms with Crippen molar-refractivity contribution in [1.29, 1.82) is 0 Å². The highest BCUT2D eigenvalue weighted by Gasteiger charge is 2.29. The van der Waals surface area contributed by atoms with E-state index in [1.54, 1.807) is 0 Å². The summed E-state index contributed by atoms with van der Waals surface area (Å²) in [5.41, 5.74) is 10.1. The Morgan fingerprint density at radius 3 is 1.80 bits per heavy atom. The molecule has 13 rings (SSSR count). The Bertz CT molecular complexity index is 3640. The first-order chi connectivity index (χ1) is 27.8. The third-order valence-corrected chi connectivity index (χ3v) is 11.8. The molecule has 0 fully saturated rings. The van der Waals surface area contributed by atoms with Crippen molar-refractivity contribution in [3.05, 3.63) is 176 Å². The molecule has 5 heteroatoms. The summed E-state index contributed by atoms with van der Waals surface area (Å²) in [7, 11) is 0. The molecule has 258 valence electrons. The van der Waals surface area contributed by atoms with E-state index >= 15 is 0 Å². The second-order valence-electron chi connectivity index (χ2n) is 14.8. The summed E-state index contributed by atoms with van der Waals surface area (Å²) in [6, 6.07) is 63.0. The molecule has 0 saturated carbocycles. The minimum absolute atomic E-state index is 0.593. The van der Waals surface area contributed by atoms with Gasteiger partial charge in [-0.25, -0.2) is 4.98 Å². The quantitative estimate of drug-likeness (QED) is 0.183. The number of aromatic nitrogens is 5. The first kappa shape index (κ1) is 29.8. The molecular formula is C51H29N5. The molecule has 0 aliphatic heterocycles. The first-order valence-corrected chi connectivity index (χ1v) is 19.0. The Labute approximate surface area is 320 Å². The third kappa shape index (κ3) is 3.95. The van der Waals surface area contributed by atoms with Crippen molar-refractivity contribution in [2.45, 2.75) is 0 Å². The van der Waals surface area contributed by atoms with Gasteiger partial charge < -0.3 is 4.57 Å². The molecule has 0 unspecified atom stereocenters. The van der Waals surface area contributed by atoms with E-state index in [2.05, 4.69) is 167 Å². The van der Waals surface area contributed by atoms with Crippen LogP contribution in [0.3, 0.4) is 0 Å². The third-order valence-electron chi connectivity index (χ3n) is 11.8. The fourth-order valence-corrected chi connectivity index (χ4v) is 9.48. The standard InChI is InChI=1S/C51H29N5/c1-3-13-32(14-4-1)49-52-50(35-23-22-30-12-7-8-15-33(30)28-35)54-51(53-49)56-41-27-25-31-24-26-40-46-43(31)47(41)48-42(56)29-34-16-9-10-19-37(34)44(48)38-20-11-21-39(45(38)46)55(40)36-17-5-2-6-18-36/h1-29H. The molecule has 3 aromatic heterocycles. The van der Waals surface area contributed by atoms with Crippen LogP contribution in [0.1, 0.15) is 0 Å². The molecule has 0 amide bonds. The van der Waals surface area contributed by atoms with E-state index in [0.29, 0.717) is 17.6 Å². The minimum Gasteiger partial charge on any atom is -0.309 e. The molecule has 5 nitrogen and oxygen atoms in total. The van der Waals surface area contributed by atoms with E-state index < -0.39 is 0 Å². The maximum absolute atomic E-state index is 5.37. The van der Waals surface area contributed by atoms with E-state index in [0.717, 1.165) is 33.2 Å². The molecule has 1 aliphatic rings. The lowest BCUT2D eigenvalue weighted by atomic mass is 9.92. The lowest BCUT2D eigenvalue weighted by Crippen LogP contribution is -2.06. The lowest BCUT2D eigenvalue weighted by molar-refractivity contribution is 0.954. The van der Waals surface area contributed by atoms with Gasteiger partial charge in [0.2, 0.25) is 5.95 Å². The summed E-state index contributed by atoms with van der Waals surface area (Å²) >= 11 is 0. The van der Waals surface area contributed by atoms with Crippen molar-refractivity contribution in [2.24, 2.45) is 0 Å². The second-order valence-corrected chi connectivity index (χ2v) is 14.8. The fraction of sp³-hybridized carbons (Fsp3) is 0. The van der Waals surface area contributed by atoms with Crippen molar-refractivity contribution < 1.29 is 0 Å². The summed E-state index contributed by atoms with van der Waals surface area (Å²) in [4.78, 5) is 15.8. The van der Waals surface area contributed by atoms with Crippen molar-refractivity contribution >= 4 is 75.9 Å². The Morgan fingerprint density at radius 2 is 0.982 bits per heavy atom. The Kier molecular flexibility index (Phi) is 5.83. The molecule has 9 aromatic carbocycles. The number of hydrogen-bond acceptors (Lipinski definition) is 3. The maximum Gasteiger partial charge on any atom is 0.238 e. The summed E-state index contributed by atoms with van der Waals surface area (Å²) in [5.74, 6) is 1.87. The van der Waals surface area contributed by atoms with Crippen LogP contribution in [0.2, 0.25) is 0 Å². The highest BCUT2D eigenvalue weighted by molar-refractivity contribution is 6.40. The van der Waals surface area contributed by atoms with E-state index in [-0.39, 0.29) is 0 Å². The SMILES string of the molecule is c1ccc(-c2nc(-c3ccc4ccccc4c3)nc(-n3c4cc5ccccc5c5c4c4c6c(ccc7c6c6c-5cccc6n7-c5ccccc5)ccc43)n2)cc1. The molecule has 0 radical (unpaired) electrons. The van der Waals surface area contributed by atoms with Gasteiger partial charge in [-0.2, -0.15) is 9.97 Å². The number of nitrogens with zero attached hydrogens (tertiary/aromatic N) is 5. The van der Waals surface area contributed by atoms with Crippen molar-refractivity contribution in [2.75, 3.05) is 0 Å². The predicted molar refractivity (Wildman–Crippen MR) is 231 cm³/mol. The highest BCUT2D eigenvalue weighted by atomic mass is 15.2. The number of para-hydroxylation sites is 1. The summed E-state index contributed by atoms with van der Waals surface area (Å²) in [6.45, 7) is 0. The highest BCUT2D eigenvalue weighted by Crippen LogP contribution is 2.53. The zero-order valence-electron chi connectivity index (χ0n) is 30.0. The number of hydrogen-bond donors (Lipinski definition) is 0. The lowest BCUT2D eigenvalue weighted by Gasteiger charge is -2.14.